The third-order valence-corrected chi connectivity index (χ3v) is 3.09. The lowest BCUT2D eigenvalue weighted by Gasteiger charge is -2.21. The van der Waals surface area contributed by atoms with Crippen LogP contribution < -0.4 is 5.32 Å². The van der Waals surface area contributed by atoms with Gasteiger partial charge in [0, 0.05) is 11.4 Å². The Bertz CT molecular complexity index is 418. The van der Waals surface area contributed by atoms with Gasteiger partial charge in [0.1, 0.15) is 0 Å². The smallest absolute Gasteiger partial charge is 0.0381 e. The van der Waals surface area contributed by atoms with Gasteiger partial charge in [0.05, 0.1) is 0 Å². The maximum absolute atomic E-state index is 4.17. The molecule has 0 saturated carbocycles. The van der Waals surface area contributed by atoms with Crippen molar-refractivity contribution in [3.8, 4) is 0 Å². The van der Waals surface area contributed by atoms with Crippen LogP contribution in [0.15, 0.2) is 48.7 Å². The van der Waals surface area contributed by atoms with Crippen LogP contribution in [0, 0.1) is 5.41 Å². The second-order valence-electron chi connectivity index (χ2n) is 5.96. The van der Waals surface area contributed by atoms with Crippen molar-refractivity contribution >= 4 is 5.69 Å². The number of benzene rings is 1. The Morgan fingerprint density at radius 3 is 2.11 bits per heavy atom. The summed E-state index contributed by atoms with van der Waals surface area (Å²) in [7, 11) is 0. The Labute approximate surface area is 112 Å². The van der Waals surface area contributed by atoms with Crippen molar-refractivity contribution in [2.45, 2.75) is 40.5 Å². The summed E-state index contributed by atoms with van der Waals surface area (Å²) in [5, 5.41) is 3.21. The van der Waals surface area contributed by atoms with Gasteiger partial charge in [-0.15, -0.1) is 0 Å². The van der Waals surface area contributed by atoms with E-state index in [9.17, 15) is 0 Å². The molecule has 1 N–H and O–H groups in total. The van der Waals surface area contributed by atoms with Crippen LogP contribution in [0.25, 0.3) is 0 Å². The fourth-order valence-corrected chi connectivity index (χ4v) is 1.67. The molecule has 0 atom stereocenters. The molecule has 0 aliphatic carbocycles. The first-order valence-electron chi connectivity index (χ1n) is 6.49. The van der Waals surface area contributed by atoms with E-state index in [0.29, 0.717) is 0 Å². The summed E-state index contributed by atoms with van der Waals surface area (Å²) in [6.45, 7) is 16.6. The number of hydrogen-bond acceptors (Lipinski definition) is 1. The zero-order valence-corrected chi connectivity index (χ0v) is 12.1. The van der Waals surface area contributed by atoms with Gasteiger partial charge in [-0.1, -0.05) is 51.6 Å². The third kappa shape index (κ3) is 4.79. The lowest BCUT2D eigenvalue weighted by Crippen LogP contribution is -2.09. The molecule has 18 heavy (non-hydrogen) atoms. The number of nitrogens with one attached hydrogen (secondary N) is 1. The molecule has 0 aliphatic rings. The second-order valence-corrected chi connectivity index (χ2v) is 5.96. The molecule has 0 bridgehead atoms. The van der Waals surface area contributed by atoms with Crippen molar-refractivity contribution in [1.82, 2.24) is 0 Å². The van der Waals surface area contributed by atoms with Crippen molar-refractivity contribution in [1.29, 1.82) is 0 Å². The van der Waals surface area contributed by atoms with Gasteiger partial charge in [0.25, 0.3) is 0 Å². The summed E-state index contributed by atoms with van der Waals surface area (Å²) in [6, 6.07) is 8.54. The van der Waals surface area contributed by atoms with Gasteiger partial charge in [-0.25, -0.2) is 0 Å². The number of rotatable bonds is 5. The van der Waals surface area contributed by atoms with E-state index >= 15 is 0 Å². The SMILES string of the molecule is C=C(C)Nc1ccc(CCC(=C)C(C)(C)C)cc1. The van der Waals surface area contributed by atoms with E-state index in [1.54, 1.807) is 0 Å². The van der Waals surface area contributed by atoms with Gasteiger partial charge in [-0.05, 0) is 42.9 Å². The van der Waals surface area contributed by atoms with Gasteiger partial charge in [-0.3, -0.25) is 0 Å². The van der Waals surface area contributed by atoms with Crippen molar-refractivity contribution in [2.75, 3.05) is 5.32 Å². The molecule has 1 rings (SSSR count). The number of aryl methyl sites for hydroxylation is 1. The van der Waals surface area contributed by atoms with E-state index in [-0.39, 0.29) is 5.41 Å². The van der Waals surface area contributed by atoms with E-state index in [2.05, 4.69) is 63.5 Å². The Kier molecular flexibility index (Phi) is 4.77. The third-order valence-electron chi connectivity index (χ3n) is 3.09. The molecular weight excluding hydrogens is 218 g/mol. The fraction of sp³-hybridized carbons (Fsp3) is 0.412. The quantitative estimate of drug-likeness (QED) is 0.704. The molecule has 0 radical (unpaired) electrons. The first-order valence-corrected chi connectivity index (χ1v) is 6.49. The first kappa shape index (κ1) is 14.6. The second kappa shape index (κ2) is 5.90. The minimum absolute atomic E-state index is 0.210. The lowest BCUT2D eigenvalue weighted by molar-refractivity contribution is 0.484. The molecule has 1 nitrogen and oxygen atoms in total. The normalized spacial score (nSPS) is 11.1. The van der Waals surface area contributed by atoms with Crippen molar-refractivity contribution in [2.24, 2.45) is 5.41 Å². The van der Waals surface area contributed by atoms with Crippen LogP contribution in [0.5, 0.6) is 0 Å². The van der Waals surface area contributed by atoms with E-state index in [0.717, 1.165) is 24.2 Å². The van der Waals surface area contributed by atoms with E-state index < -0.39 is 0 Å². The summed E-state index contributed by atoms with van der Waals surface area (Å²) < 4.78 is 0. The molecule has 1 heteroatoms. The summed E-state index contributed by atoms with van der Waals surface area (Å²) in [5.41, 5.74) is 4.94. The molecule has 0 heterocycles. The Hall–Kier alpha value is -1.50. The van der Waals surface area contributed by atoms with Crippen molar-refractivity contribution in [3.05, 3.63) is 54.3 Å². The highest BCUT2D eigenvalue weighted by Crippen LogP contribution is 2.27. The Morgan fingerprint density at radius 1 is 1.11 bits per heavy atom. The monoisotopic (exact) mass is 243 g/mol. The standard InChI is InChI=1S/C17H25N/c1-13(2)18-16-11-9-15(10-12-16)8-7-14(3)17(4,5)6/h9-12,18H,1,3,7-8H2,2,4-6H3. The average molecular weight is 243 g/mol. The van der Waals surface area contributed by atoms with E-state index in [1.807, 2.05) is 6.92 Å². The van der Waals surface area contributed by atoms with Crippen molar-refractivity contribution < 1.29 is 0 Å². The van der Waals surface area contributed by atoms with Gasteiger partial charge in [0.2, 0.25) is 0 Å². The minimum Gasteiger partial charge on any atom is -0.360 e. The molecule has 0 amide bonds. The molecule has 0 fully saturated rings. The predicted molar refractivity (Wildman–Crippen MR) is 81.8 cm³/mol. The molecule has 98 valence electrons. The number of allylic oxidation sites excluding steroid dienone is 2. The van der Waals surface area contributed by atoms with Crippen LogP contribution >= 0.6 is 0 Å². The van der Waals surface area contributed by atoms with Gasteiger partial charge in [-0.2, -0.15) is 0 Å². The minimum atomic E-state index is 0.210. The average Bonchev–Trinajstić information content (AvgIpc) is 2.25. The Morgan fingerprint density at radius 2 is 1.67 bits per heavy atom. The van der Waals surface area contributed by atoms with Crippen LogP contribution in [0.2, 0.25) is 0 Å². The molecule has 1 aromatic carbocycles. The highest BCUT2D eigenvalue weighted by atomic mass is 14.9. The summed E-state index contributed by atoms with van der Waals surface area (Å²) in [5.74, 6) is 0. The lowest BCUT2D eigenvalue weighted by atomic mass is 9.84. The van der Waals surface area contributed by atoms with Gasteiger partial charge < -0.3 is 5.32 Å². The summed E-state index contributed by atoms with van der Waals surface area (Å²) in [4.78, 5) is 0. The topological polar surface area (TPSA) is 12.0 Å². The predicted octanol–water partition coefficient (Wildman–Crippen LogP) is 5.17. The zero-order chi connectivity index (χ0) is 13.8. The number of anilines is 1. The molecule has 1 aromatic rings. The van der Waals surface area contributed by atoms with Crippen LogP contribution in [0.1, 0.15) is 39.7 Å². The molecule has 0 spiro atoms. The zero-order valence-electron chi connectivity index (χ0n) is 12.1. The first-order chi connectivity index (χ1) is 8.29. The summed E-state index contributed by atoms with van der Waals surface area (Å²) in [6.07, 6.45) is 2.11. The molecule has 0 aliphatic heterocycles. The van der Waals surface area contributed by atoms with Crippen LogP contribution in [-0.4, -0.2) is 0 Å². The maximum atomic E-state index is 4.17. The maximum Gasteiger partial charge on any atom is 0.0381 e. The Balaban J connectivity index is 2.54. The van der Waals surface area contributed by atoms with Crippen LogP contribution in [-0.2, 0) is 6.42 Å². The summed E-state index contributed by atoms with van der Waals surface area (Å²) >= 11 is 0. The molecule has 0 aromatic heterocycles. The van der Waals surface area contributed by atoms with Gasteiger partial charge >= 0.3 is 0 Å². The fourth-order valence-electron chi connectivity index (χ4n) is 1.67. The van der Waals surface area contributed by atoms with E-state index in [1.165, 1.54) is 11.1 Å². The molecule has 0 saturated heterocycles. The van der Waals surface area contributed by atoms with Crippen LogP contribution in [0.4, 0.5) is 5.69 Å². The van der Waals surface area contributed by atoms with E-state index in [4.69, 9.17) is 0 Å². The highest BCUT2D eigenvalue weighted by molar-refractivity contribution is 5.48. The largest absolute Gasteiger partial charge is 0.360 e. The number of hydrogen-bond donors (Lipinski definition) is 1. The molecular formula is C17H25N. The molecule has 0 unspecified atom stereocenters. The van der Waals surface area contributed by atoms with Crippen molar-refractivity contribution in [3.63, 3.8) is 0 Å². The van der Waals surface area contributed by atoms with Crippen LogP contribution in [0.3, 0.4) is 0 Å². The van der Waals surface area contributed by atoms with Gasteiger partial charge in [0.15, 0.2) is 0 Å². The highest BCUT2D eigenvalue weighted by Gasteiger charge is 2.14.